The summed E-state index contributed by atoms with van der Waals surface area (Å²) in [6.45, 7) is 15.8. The molecule has 302 valence electrons. The summed E-state index contributed by atoms with van der Waals surface area (Å²) in [6, 6.07) is 7.05. The summed E-state index contributed by atoms with van der Waals surface area (Å²) < 4.78 is 10.9. The number of anilines is 2. The Bertz CT molecular complexity index is 891. The number of unbranched alkanes of at least 4 members (excludes halogenated alkanes) is 20. The van der Waals surface area contributed by atoms with Crippen LogP contribution >= 0.6 is 0 Å². The van der Waals surface area contributed by atoms with Gasteiger partial charge in [0, 0.05) is 24.5 Å². The largest absolute Gasteiger partial charge is 0.449 e. The van der Waals surface area contributed by atoms with Crippen molar-refractivity contribution in [3.63, 3.8) is 0 Å². The lowest BCUT2D eigenvalue weighted by atomic mass is 10.1. The molecule has 2 amide bonds. The lowest BCUT2D eigenvalue weighted by molar-refractivity contribution is 0.151. The molecule has 0 aliphatic carbocycles. The van der Waals surface area contributed by atoms with E-state index in [-0.39, 0.29) is 0 Å². The molecule has 0 saturated heterocycles. The normalized spacial score (nSPS) is 11.3. The number of nitrogens with one attached hydrogen (secondary N) is 2. The first-order chi connectivity index (χ1) is 25.5. The fourth-order valence-electron chi connectivity index (χ4n) is 6.74. The van der Waals surface area contributed by atoms with Gasteiger partial charge in [-0.3, -0.25) is 10.6 Å². The van der Waals surface area contributed by atoms with Crippen LogP contribution in [0.2, 0.25) is 0 Å². The van der Waals surface area contributed by atoms with Gasteiger partial charge in [0.1, 0.15) is 0 Å². The lowest BCUT2D eigenvalue weighted by Crippen LogP contribution is -2.27. The molecule has 52 heavy (non-hydrogen) atoms. The molecule has 0 heterocycles. The zero-order valence-corrected chi connectivity index (χ0v) is 34.5. The van der Waals surface area contributed by atoms with Gasteiger partial charge in [0.2, 0.25) is 0 Å². The van der Waals surface area contributed by atoms with Crippen LogP contribution in [0.25, 0.3) is 0 Å². The standard InChI is InChI=1S/C44H82N4O4/c1-5-9-11-13-15-17-19-21-23-25-27-34-47(7-3)36-30-38-51-43(49)45-41-32-29-33-42(40-41)46-44(50)52-39-31-37-48(8-4)35-28-26-24-22-20-18-16-14-12-10-6-2/h29,32-33,40H,5-28,30-31,34-39H2,1-4H3,(H,45,49)(H,46,50). The van der Waals surface area contributed by atoms with E-state index in [1.54, 1.807) is 24.3 Å². The summed E-state index contributed by atoms with van der Waals surface area (Å²) in [5, 5.41) is 5.55. The highest BCUT2D eigenvalue weighted by Gasteiger charge is 2.09. The van der Waals surface area contributed by atoms with Crippen molar-refractivity contribution in [2.75, 3.05) is 63.1 Å². The monoisotopic (exact) mass is 731 g/mol. The first-order valence-electron chi connectivity index (χ1n) is 21.9. The highest BCUT2D eigenvalue weighted by Crippen LogP contribution is 2.16. The predicted octanol–water partition coefficient (Wildman–Crippen LogP) is 12.8. The van der Waals surface area contributed by atoms with Crippen LogP contribution in [-0.2, 0) is 9.47 Å². The molecular formula is C44H82N4O4. The Balaban J connectivity index is 2.12. The van der Waals surface area contributed by atoms with Crippen LogP contribution in [0.5, 0.6) is 0 Å². The minimum absolute atomic E-state index is 0.375. The van der Waals surface area contributed by atoms with Gasteiger partial charge in [-0.25, -0.2) is 9.59 Å². The number of carbonyl (C=O) groups is 2. The molecule has 8 heteroatoms. The molecule has 2 N–H and O–H groups in total. The first-order valence-corrected chi connectivity index (χ1v) is 21.9. The molecule has 0 fully saturated rings. The molecule has 0 atom stereocenters. The van der Waals surface area contributed by atoms with Crippen LogP contribution in [0, 0.1) is 0 Å². The summed E-state index contributed by atoms with van der Waals surface area (Å²) in [4.78, 5) is 29.7. The maximum atomic E-state index is 12.4. The van der Waals surface area contributed by atoms with Crippen LogP contribution in [-0.4, -0.2) is 74.5 Å². The minimum atomic E-state index is -0.484. The van der Waals surface area contributed by atoms with Crippen molar-refractivity contribution in [2.24, 2.45) is 0 Å². The van der Waals surface area contributed by atoms with Gasteiger partial charge in [-0.05, 0) is 70.1 Å². The van der Waals surface area contributed by atoms with E-state index in [2.05, 4.69) is 48.1 Å². The van der Waals surface area contributed by atoms with Crippen molar-refractivity contribution >= 4 is 23.6 Å². The van der Waals surface area contributed by atoms with E-state index in [0.717, 1.165) is 52.1 Å². The number of amides is 2. The summed E-state index contributed by atoms with van der Waals surface area (Å²) >= 11 is 0. The highest BCUT2D eigenvalue weighted by atomic mass is 16.6. The maximum Gasteiger partial charge on any atom is 0.411 e. The van der Waals surface area contributed by atoms with Gasteiger partial charge >= 0.3 is 12.2 Å². The molecule has 0 aliphatic rings. The van der Waals surface area contributed by atoms with Gasteiger partial charge in [0.05, 0.1) is 13.2 Å². The molecule has 0 bridgehead atoms. The second-order valence-electron chi connectivity index (χ2n) is 14.7. The Kier molecular flexibility index (Phi) is 32.7. The van der Waals surface area contributed by atoms with Crippen molar-refractivity contribution in [2.45, 2.75) is 182 Å². The summed E-state index contributed by atoms with van der Waals surface area (Å²) in [5.74, 6) is 0. The van der Waals surface area contributed by atoms with Crippen LogP contribution in [0.3, 0.4) is 0 Å². The maximum absolute atomic E-state index is 12.4. The molecule has 0 saturated carbocycles. The molecule has 0 aliphatic heterocycles. The van der Waals surface area contributed by atoms with E-state index in [1.807, 2.05) is 0 Å². The smallest absolute Gasteiger partial charge is 0.411 e. The molecule has 1 aromatic carbocycles. The predicted molar refractivity (Wildman–Crippen MR) is 223 cm³/mol. The quantitative estimate of drug-likeness (QED) is 0.0669. The van der Waals surface area contributed by atoms with Gasteiger partial charge in [-0.15, -0.1) is 0 Å². The topological polar surface area (TPSA) is 83.1 Å². The average Bonchev–Trinajstić information content (AvgIpc) is 3.14. The Morgan fingerprint density at radius 2 is 0.769 bits per heavy atom. The Morgan fingerprint density at radius 3 is 1.10 bits per heavy atom. The van der Waals surface area contributed by atoms with Crippen molar-refractivity contribution < 1.29 is 19.1 Å². The molecule has 0 spiro atoms. The van der Waals surface area contributed by atoms with Crippen molar-refractivity contribution in [3.05, 3.63) is 24.3 Å². The van der Waals surface area contributed by atoms with E-state index in [9.17, 15) is 9.59 Å². The van der Waals surface area contributed by atoms with Crippen LogP contribution in [0.4, 0.5) is 21.0 Å². The number of benzene rings is 1. The van der Waals surface area contributed by atoms with Crippen LogP contribution < -0.4 is 10.6 Å². The average molecular weight is 731 g/mol. The molecule has 0 radical (unpaired) electrons. The molecular weight excluding hydrogens is 649 g/mol. The Hall–Kier alpha value is -2.32. The van der Waals surface area contributed by atoms with Gasteiger partial charge in [0.15, 0.2) is 0 Å². The number of hydrogen-bond donors (Lipinski definition) is 2. The Morgan fingerprint density at radius 1 is 0.462 bits per heavy atom. The number of carbonyl (C=O) groups excluding carboxylic acids is 2. The second-order valence-corrected chi connectivity index (χ2v) is 14.7. The lowest BCUT2D eigenvalue weighted by Gasteiger charge is -2.20. The number of ether oxygens (including phenoxy) is 2. The first kappa shape index (κ1) is 47.7. The van der Waals surface area contributed by atoms with Gasteiger partial charge in [0.25, 0.3) is 0 Å². The zero-order valence-electron chi connectivity index (χ0n) is 34.5. The molecule has 0 unspecified atom stereocenters. The molecule has 8 nitrogen and oxygen atoms in total. The van der Waals surface area contributed by atoms with E-state index >= 15 is 0 Å². The second kappa shape index (κ2) is 35.7. The minimum Gasteiger partial charge on any atom is -0.449 e. The zero-order chi connectivity index (χ0) is 37.7. The SMILES string of the molecule is CCCCCCCCCCCCCN(CC)CCCOC(=O)Nc1cccc(NC(=O)OCCCN(CC)CCCCCCCCCCCCC)c1. The fraction of sp³-hybridized carbons (Fsp3) is 0.818. The summed E-state index contributed by atoms with van der Waals surface area (Å²) in [5.41, 5.74) is 1.13. The van der Waals surface area contributed by atoms with Crippen LogP contribution in [0.1, 0.15) is 182 Å². The van der Waals surface area contributed by atoms with Crippen LogP contribution in [0.15, 0.2) is 24.3 Å². The van der Waals surface area contributed by atoms with E-state index in [0.29, 0.717) is 24.6 Å². The Labute approximate surface area is 320 Å². The fourth-order valence-corrected chi connectivity index (χ4v) is 6.74. The number of hydrogen-bond acceptors (Lipinski definition) is 6. The third kappa shape index (κ3) is 29.2. The highest BCUT2D eigenvalue weighted by molar-refractivity contribution is 5.88. The number of rotatable bonds is 36. The summed E-state index contributed by atoms with van der Waals surface area (Å²) in [7, 11) is 0. The van der Waals surface area contributed by atoms with Crippen molar-refractivity contribution in [3.8, 4) is 0 Å². The third-order valence-electron chi connectivity index (χ3n) is 10.1. The summed E-state index contributed by atoms with van der Waals surface area (Å²) in [6.07, 6.45) is 30.5. The molecule has 1 aromatic rings. The molecule has 1 rings (SSSR count). The molecule has 0 aromatic heterocycles. The van der Waals surface area contributed by atoms with Gasteiger partial charge < -0.3 is 19.3 Å². The van der Waals surface area contributed by atoms with Gasteiger partial charge in [-0.2, -0.15) is 0 Å². The van der Waals surface area contributed by atoms with E-state index in [4.69, 9.17) is 9.47 Å². The third-order valence-corrected chi connectivity index (χ3v) is 10.1. The van der Waals surface area contributed by atoms with Crippen molar-refractivity contribution in [1.82, 2.24) is 9.80 Å². The number of nitrogens with zero attached hydrogens (tertiary/aromatic N) is 2. The van der Waals surface area contributed by atoms with Gasteiger partial charge in [-0.1, -0.05) is 162 Å². The van der Waals surface area contributed by atoms with E-state index < -0.39 is 12.2 Å². The van der Waals surface area contributed by atoms with Crippen molar-refractivity contribution in [1.29, 1.82) is 0 Å². The van der Waals surface area contributed by atoms with E-state index in [1.165, 1.54) is 141 Å².